The van der Waals surface area contributed by atoms with Crippen molar-refractivity contribution in [3.63, 3.8) is 0 Å². The van der Waals surface area contributed by atoms with E-state index in [9.17, 15) is 4.79 Å². The average molecular weight is 270 g/mol. The van der Waals surface area contributed by atoms with Crippen molar-refractivity contribution in [2.24, 2.45) is 0 Å². The summed E-state index contributed by atoms with van der Waals surface area (Å²) in [7, 11) is 1.40. The molecule has 0 spiro atoms. The highest BCUT2D eigenvalue weighted by atomic mass is 16.5. The lowest BCUT2D eigenvalue weighted by atomic mass is 9.99. The van der Waals surface area contributed by atoms with Crippen molar-refractivity contribution in [3.05, 3.63) is 59.2 Å². The average Bonchev–Trinajstić information content (AvgIpc) is 2.48. The molecule has 0 aliphatic heterocycles. The number of benzene rings is 2. The first kappa shape index (κ1) is 16.0. The highest BCUT2D eigenvalue weighted by Gasteiger charge is 2.08. The summed E-state index contributed by atoms with van der Waals surface area (Å²) in [6.45, 7) is 8.03. The fraction of sp³-hybridized carbons (Fsp3) is 0.278. The van der Waals surface area contributed by atoms with Crippen LogP contribution in [0.25, 0.3) is 11.1 Å². The normalized spacial score (nSPS) is 9.45. The minimum absolute atomic E-state index is 0.299. The van der Waals surface area contributed by atoms with Gasteiger partial charge in [-0.15, -0.1) is 0 Å². The lowest BCUT2D eigenvalue weighted by Gasteiger charge is -2.07. The van der Waals surface area contributed by atoms with Crippen molar-refractivity contribution in [1.29, 1.82) is 0 Å². The molecule has 0 N–H and O–H groups in total. The second kappa shape index (κ2) is 7.49. The Hall–Kier alpha value is -2.09. The zero-order valence-corrected chi connectivity index (χ0v) is 12.9. The molecule has 0 unspecified atom stereocenters. The van der Waals surface area contributed by atoms with Crippen molar-refractivity contribution in [2.75, 3.05) is 7.11 Å². The number of methoxy groups -OCH3 is 1. The molecule has 2 nitrogen and oxygen atoms in total. The zero-order valence-electron chi connectivity index (χ0n) is 12.9. The Labute approximate surface area is 121 Å². The fourth-order valence-corrected chi connectivity index (χ4v) is 1.93. The highest BCUT2D eigenvalue weighted by molar-refractivity contribution is 5.91. The number of hydrogen-bond acceptors (Lipinski definition) is 2. The molecule has 20 heavy (non-hydrogen) atoms. The molecule has 0 aromatic heterocycles. The van der Waals surface area contributed by atoms with Crippen molar-refractivity contribution >= 4 is 5.97 Å². The van der Waals surface area contributed by atoms with Gasteiger partial charge in [0.1, 0.15) is 0 Å². The van der Waals surface area contributed by atoms with Crippen LogP contribution in [0.3, 0.4) is 0 Å². The van der Waals surface area contributed by atoms with Gasteiger partial charge < -0.3 is 4.74 Å². The molecule has 0 saturated heterocycles. The lowest BCUT2D eigenvalue weighted by molar-refractivity contribution is 0.0600. The highest BCUT2D eigenvalue weighted by Crippen LogP contribution is 2.23. The van der Waals surface area contributed by atoms with Crippen LogP contribution >= 0.6 is 0 Å². The van der Waals surface area contributed by atoms with E-state index in [0.717, 1.165) is 16.7 Å². The third-order valence-electron chi connectivity index (χ3n) is 2.88. The first-order valence-electron chi connectivity index (χ1n) is 6.87. The van der Waals surface area contributed by atoms with Gasteiger partial charge >= 0.3 is 5.97 Å². The van der Waals surface area contributed by atoms with Gasteiger partial charge in [-0.2, -0.15) is 0 Å². The van der Waals surface area contributed by atoms with Crippen LogP contribution in [-0.2, 0) is 4.74 Å². The van der Waals surface area contributed by atoms with Crippen LogP contribution < -0.4 is 0 Å². The molecule has 106 valence electrons. The van der Waals surface area contributed by atoms with Gasteiger partial charge in [-0.1, -0.05) is 49.7 Å². The van der Waals surface area contributed by atoms with E-state index in [2.05, 4.69) is 37.3 Å². The standard InChI is InChI=1S/C16H16O2.C2H6/c1-11-4-6-13(7-5-11)14-8-12(2)9-15(10-14)16(17)18-3;1-2/h4-10H,1-3H3;1-2H3. The van der Waals surface area contributed by atoms with Crippen LogP contribution in [0.1, 0.15) is 35.3 Å². The van der Waals surface area contributed by atoms with E-state index >= 15 is 0 Å². The second-order valence-electron chi connectivity index (χ2n) is 4.45. The zero-order chi connectivity index (χ0) is 15.1. The molecule has 0 aliphatic rings. The third-order valence-corrected chi connectivity index (χ3v) is 2.88. The molecule has 0 atom stereocenters. The predicted molar refractivity (Wildman–Crippen MR) is 84.0 cm³/mol. The first-order valence-corrected chi connectivity index (χ1v) is 6.87. The number of carbonyl (C=O) groups excluding carboxylic acids is 1. The van der Waals surface area contributed by atoms with Crippen LogP contribution in [-0.4, -0.2) is 13.1 Å². The van der Waals surface area contributed by atoms with E-state index < -0.39 is 0 Å². The Kier molecular flexibility index (Phi) is 5.98. The lowest BCUT2D eigenvalue weighted by Crippen LogP contribution is -2.01. The molecule has 0 bridgehead atoms. The van der Waals surface area contributed by atoms with Crippen molar-refractivity contribution in [3.8, 4) is 11.1 Å². The molecular formula is C18H22O2. The van der Waals surface area contributed by atoms with Crippen molar-refractivity contribution in [1.82, 2.24) is 0 Å². The van der Waals surface area contributed by atoms with Gasteiger partial charge in [-0.25, -0.2) is 4.79 Å². The van der Waals surface area contributed by atoms with E-state index in [1.54, 1.807) is 0 Å². The van der Waals surface area contributed by atoms with Gasteiger partial charge in [-0.3, -0.25) is 0 Å². The first-order chi connectivity index (χ1) is 9.60. The molecule has 0 aliphatic carbocycles. The van der Waals surface area contributed by atoms with Gasteiger partial charge in [-0.05, 0) is 42.7 Å². The smallest absolute Gasteiger partial charge is 0.337 e. The summed E-state index contributed by atoms with van der Waals surface area (Å²) in [4.78, 5) is 11.6. The number of rotatable bonds is 2. The Balaban J connectivity index is 0.000000956. The van der Waals surface area contributed by atoms with Crippen LogP contribution in [0, 0.1) is 13.8 Å². The van der Waals surface area contributed by atoms with E-state index in [0.29, 0.717) is 5.56 Å². The summed E-state index contributed by atoms with van der Waals surface area (Å²) in [6.07, 6.45) is 0. The van der Waals surface area contributed by atoms with Gasteiger partial charge in [0, 0.05) is 0 Å². The van der Waals surface area contributed by atoms with E-state index in [1.165, 1.54) is 12.7 Å². The van der Waals surface area contributed by atoms with Crippen LogP contribution in [0.2, 0.25) is 0 Å². The van der Waals surface area contributed by atoms with Crippen LogP contribution in [0.4, 0.5) is 0 Å². The SMILES string of the molecule is CC.COC(=O)c1cc(C)cc(-c2ccc(C)cc2)c1. The molecule has 2 aromatic carbocycles. The Morgan fingerprint density at radius 1 is 0.850 bits per heavy atom. The third kappa shape index (κ3) is 3.95. The van der Waals surface area contributed by atoms with E-state index in [-0.39, 0.29) is 5.97 Å². The number of esters is 1. The summed E-state index contributed by atoms with van der Waals surface area (Å²) < 4.78 is 4.76. The summed E-state index contributed by atoms with van der Waals surface area (Å²) in [5.41, 5.74) is 5.01. The topological polar surface area (TPSA) is 26.3 Å². The van der Waals surface area contributed by atoms with Gasteiger partial charge in [0.15, 0.2) is 0 Å². The minimum atomic E-state index is -0.299. The van der Waals surface area contributed by atoms with Crippen molar-refractivity contribution < 1.29 is 9.53 Å². The molecule has 0 radical (unpaired) electrons. The summed E-state index contributed by atoms with van der Waals surface area (Å²) in [5.74, 6) is -0.299. The van der Waals surface area contributed by atoms with Crippen LogP contribution in [0.5, 0.6) is 0 Å². The maximum absolute atomic E-state index is 11.6. The molecule has 2 aromatic rings. The molecule has 2 heteroatoms. The van der Waals surface area contributed by atoms with Crippen molar-refractivity contribution in [2.45, 2.75) is 27.7 Å². The van der Waals surface area contributed by atoms with E-state index in [1.807, 2.05) is 32.9 Å². The van der Waals surface area contributed by atoms with Gasteiger partial charge in [0.05, 0.1) is 12.7 Å². The summed E-state index contributed by atoms with van der Waals surface area (Å²) >= 11 is 0. The number of hydrogen-bond donors (Lipinski definition) is 0. The van der Waals surface area contributed by atoms with Gasteiger partial charge in [0.25, 0.3) is 0 Å². The molecule has 0 heterocycles. The quantitative estimate of drug-likeness (QED) is 0.734. The Morgan fingerprint density at radius 3 is 2.00 bits per heavy atom. The predicted octanol–water partition coefficient (Wildman–Crippen LogP) is 4.78. The second-order valence-corrected chi connectivity index (χ2v) is 4.45. The monoisotopic (exact) mass is 270 g/mol. The summed E-state index contributed by atoms with van der Waals surface area (Å²) in [6, 6.07) is 14.0. The molecule has 0 saturated carbocycles. The number of ether oxygens (including phenoxy) is 1. The minimum Gasteiger partial charge on any atom is -0.465 e. The summed E-state index contributed by atoms with van der Waals surface area (Å²) in [5, 5.41) is 0. The maximum atomic E-state index is 11.6. The Morgan fingerprint density at radius 2 is 1.45 bits per heavy atom. The number of aryl methyl sites for hydroxylation is 2. The largest absolute Gasteiger partial charge is 0.465 e. The molecule has 0 amide bonds. The number of carbonyl (C=O) groups is 1. The fourth-order valence-electron chi connectivity index (χ4n) is 1.93. The molecule has 2 rings (SSSR count). The van der Waals surface area contributed by atoms with Gasteiger partial charge in [0.2, 0.25) is 0 Å². The maximum Gasteiger partial charge on any atom is 0.337 e. The van der Waals surface area contributed by atoms with E-state index in [4.69, 9.17) is 4.74 Å². The van der Waals surface area contributed by atoms with Crippen LogP contribution in [0.15, 0.2) is 42.5 Å². The Bertz CT molecular complexity index is 568. The molecular weight excluding hydrogens is 248 g/mol. The molecule has 0 fully saturated rings.